The molecule has 1 aliphatic heterocycles. The van der Waals surface area contributed by atoms with Gasteiger partial charge in [-0.3, -0.25) is 5.32 Å². The molecule has 1 aliphatic rings. The number of aliphatic hydroxyl groups excluding tert-OH is 1. The maximum absolute atomic E-state index is 11.7. The number of rotatable bonds is 5. The first-order valence-electron chi connectivity index (χ1n) is 7.06. The lowest BCUT2D eigenvalue weighted by atomic mass is 10.2. The van der Waals surface area contributed by atoms with E-state index >= 15 is 0 Å². The highest BCUT2D eigenvalue weighted by molar-refractivity contribution is 5.67. The summed E-state index contributed by atoms with van der Waals surface area (Å²) in [5.74, 6) is 0. The number of ether oxygens (including phenoxy) is 2. The van der Waals surface area contributed by atoms with E-state index in [0.717, 1.165) is 0 Å². The smallest absolute Gasteiger partial charge is 0.409 e. The predicted octanol–water partition coefficient (Wildman–Crippen LogP) is 0.0973. The number of amides is 1. The summed E-state index contributed by atoms with van der Waals surface area (Å²) in [7, 11) is 0. The Bertz CT molecular complexity index is 306. The van der Waals surface area contributed by atoms with Gasteiger partial charge in [-0.25, -0.2) is 4.79 Å². The topological polar surface area (TPSA) is 83.1 Å². The highest BCUT2D eigenvalue weighted by atomic mass is 16.6. The molecule has 1 amide bonds. The number of nitrogens with zero attached hydrogens (tertiary/aromatic N) is 1. The number of piperazine rings is 1. The minimum Gasteiger partial charge on any atom is -0.450 e. The molecule has 0 aliphatic carbocycles. The van der Waals surface area contributed by atoms with Crippen molar-refractivity contribution in [3.8, 4) is 0 Å². The summed E-state index contributed by atoms with van der Waals surface area (Å²) in [6, 6.07) is 0.0615. The standard InChI is InChI=1S/C13H27N3O4/c1-5-19-12(18)16-7-6-14-10(9-16)8-15-11(17)20-13(2,3)4/h10-11,14-15,17H,5-9H2,1-4H3. The van der Waals surface area contributed by atoms with Crippen LogP contribution in [0.1, 0.15) is 27.7 Å². The lowest BCUT2D eigenvalue weighted by molar-refractivity contribution is -0.181. The van der Waals surface area contributed by atoms with Crippen molar-refractivity contribution < 1.29 is 19.4 Å². The second-order valence-corrected chi connectivity index (χ2v) is 5.79. The minimum absolute atomic E-state index is 0.0615. The SMILES string of the molecule is CCOC(=O)N1CCNC(CNC(O)OC(C)(C)C)C1. The van der Waals surface area contributed by atoms with Crippen molar-refractivity contribution >= 4 is 6.09 Å². The zero-order chi connectivity index (χ0) is 15.2. The summed E-state index contributed by atoms with van der Waals surface area (Å²) in [6.45, 7) is 10.2. The van der Waals surface area contributed by atoms with E-state index in [9.17, 15) is 9.90 Å². The first-order chi connectivity index (χ1) is 9.31. The van der Waals surface area contributed by atoms with Crippen LogP contribution >= 0.6 is 0 Å². The summed E-state index contributed by atoms with van der Waals surface area (Å²) >= 11 is 0. The van der Waals surface area contributed by atoms with Gasteiger partial charge in [-0.1, -0.05) is 0 Å². The molecule has 0 radical (unpaired) electrons. The van der Waals surface area contributed by atoms with E-state index in [-0.39, 0.29) is 12.1 Å². The summed E-state index contributed by atoms with van der Waals surface area (Å²) in [5.41, 5.74) is -0.413. The molecule has 2 atom stereocenters. The van der Waals surface area contributed by atoms with E-state index in [2.05, 4.69) is 10.6 Å². The second kappa shape index (κ2) is 7.78. The summed E-state index contributed by atoms with van der Waals surface area (Å²) < 4.78 is 10.3. The van der Waals surface area contributed by atoms with E-state index in [4.69, 9.17) is 9.47 Å². The van der Waals surface area contributed by atoms with Crippen LogP contribution in [0.25, 0.3) is 0 Å². The molecule has 1 saturated heterocycles. The Hall–Kier alpha value is -0.890. The molecule has 1 fully saturated rings. The molecule has 7 nitrogen and oxygen atoms in total. The van der Waals surface area contributed by atoms with Gasteiger partial charge in [0.15, 0.2) is 0 Å². The van der Waals surface area contributed by atoms with Gasteiger partial charge in [0, 0.05) is 32.2 Å². The van der Waals surface area contributed by atoms with Crippen LogP contribution in [0.2, 0.25) is 0 Å². The number of carbonyl (C=O) groups is 1. The Morgan fingerprint density at radius 1 is 1.55 bits per heavy atom. The lowest BCUT2D eigenvalue weighted by Gasteiger charge is -2.34. The van der Waals surface area contributed by atoms with Crippen LogP contribution in [-0.2, 0) is 9.47 Å². The van der Waals surface area contributed by atoms with Crippen molar-refractivity contribution in [2.45, 2.75) is 45.8 Å². The first-order valence-corrected chi connectivity index (χ1v) is 7.06. The highest BCUT2D eigenvalue weighted by Crippen LogP contribution is 2.08. The zero-order valence-electron chi connectivity index (χ0n) is 12.8. The number of hydrogen-bond acceptors (Lipinski definition) is 6. The normalized spacial score (nSPS) is 21.6. The van der Waals surface area contributed by atoms with Crippen molar-refractivity contribution in [1.29, 1.82) is 0 Å². The van der Waals surface area contributed by atoms with Crippen LogP contribution in [0.4, 0.5) is 4.79 Å². The van der Waals surface area contributed by atoms with Crippen LogP contribution in [0.3, 0.4) is 0 Å². The molecule has 0 bridgehead atoms. The average Bonchev–Trinajstić information content (AvgIpc) is 2.35. The quantitative estimate of drug-likeness (QED) is 0.623. The predicted molar refractivity (Wildman–Crippen MR) is 75.2 cm³/mol. The Balaban J connectivity index is 2.31. The van der Waals surface area contributed by atoms with E-state index in [1.54, 1.807) is 11.8 Å². The minimum atomic E-state index is -1.02. The van der Waals surface area contributed by atoms with Crippen LogP contribution in [-0.4, -0.2) is 66.9 Å². The third kappa shape index (κ3) is 6.51. The van der Waals surface area contributed by atoms with Gasteiger partial charge in [0.25, 0.3) is 0 Å². The first kappa shape index (κ1) is 17.2. The Morgan fingerprint density at radius 2 is 2.25 bits per heavy atom. The summed E-state index contributed by atoms with van der Waals surface area (Å²) in [5, 5.41) is 15.9. The van der Waals surface area contributed by atoms with Gasteiger partial charge in [-0.2, -0.15) is 0 Å². The van der Waals surface area contributed by atoms with Gasteiger partial charge in [0.2, 0.25) is 6.41 Å². The molecule has 20 heavy (non-hydrogen) atoms. The fourth-order valence-corrected chi connectivity index (χ4v) is 1.96. The Morgan fingerprint density at radius 3 is 2.85 bits per heavy atom. The van der Waals surface area contributed by atoms with Gasteiger partial charge in [0.05, 0.1) is 12.2 Å². The van der Waals surface area contributed by atoms with Gasteiger partial charge >= 0.3 is 6.09 Å². The van der Waals surface area contributed by atoms with E-state index in [0.29, 0.717) is 32.8 Å². The molecule has 3 N–H and O–H groups in total. The van der Waals surface area contributed by atoms with Crippen molar-refractivity contribution in [3.63, 3.8) is 0 Å². The number of aliphatic hydroxyl groups is 1. The zero-order valence-corrected chi connectivity index (χ0v) is 12.8. The maximum atomic E-state index is 11.7. The van der Waals surface area contributed by atoms with E-state index in [1.165, 1.54) is 0 Å². The van der Waals surface area contributed by atoms with E-state index in [1.807, 2.05) is 20.8 Å². The summed E-state index contributed by atoms with van der Waals surface area (Å²) in [4.78, 5) is 13.3. The largest absolute Gasteiger partial charge is 0.450 e. The van der Waals surface area contributed by atoms with Crippen LogP contribution in [0, 0.1) is 0 Å². The molecule has 1 heterocycles. The van der Waals surface area contributed by atoms with Gasteiger partial charge in [-0.15, -0.1) is 0 Å². The Kier molecular flexibility index (Phi) is 6.67. The van der Waals surface area contributed by atoms with Crippen molar-refractivity contribution in [3.05, 3.63) is 0 Å². The molecule has 118 valence electrons. The van der Waals surface area contributed by atoms with E-state index < -0.39 is 12.0 Å². The lowest BCUT2D eigenvalue weighted by Crippen LogP contribution is -2.57. The third-order valence-electron chi connectivity index (χ3n) is 2.79. The van der Waals surface area contributed by atoms with Crippen LogP contribution in [0.15, 0.2) is 0 Å². The molecule has 0 aromatic rings. The average molecular weight is 289 g/mol. The highest BCUT2D eigenvalue weighted by Gasteiger charge is 2.25. The van der Waals surface area contributed by atoms with Crippen molar-refractivity contribution in [2.24, 2.45) is 0 Å². The number of carbonyl (C=O) groups excluding carboxylic acids is 1. The molecule has 0 spiro atoms. The molecule has 0 saturated carbocycles. The molecule has 0 aromatic heterocycles. The van der Waals surface area contributed by atoms with Crippen LogP contribution < -0.4 is 10.6 Å². The van der Waals surface area contributed by atoms with Crippen molar-refractivity contribution in [2.75, 3.05) is 32.8 Å². The maximum Gasteiger partial charge on any atom is 0.409 e. The van der Waals surface area contributed by atoms with Crippen LogP contribution in [0.5, 0.6) is 0 Å². The molecular weight excluding hydrogens is 262 g/mol. The Labute approximate surface area is 120 Å². The number of nitrogens with one attached hydrogen (secondary N) is 2. The monoisotopic (exact) mass is 289 g/mol. The van der Waals surface area contributed by atoms with Gasteiger partial charge in [-0.05, 0) is 27.7 Å². The molecule has 0 aromatic carbocycles. The van der Waals surface area contributed by atoms with Gasteiger partial charge in [0.1, 0.15) is 0 Å². The fraction of sp³-hybridized carbons (Fsp3) is 0.923. The fourth-order valence-electron chi connectivity index (χ4n) is 1.96. The summed E-state index contributed by atoms with van der Waals surface area (Å²) in [6.07, 6.45) is -1.31. The second-order valence-electron chi connectivity index (χ2n) is 5.79. The molecular formula is C13H27N3O4. The molecule has 1 rings (SSSR count). The third-order valence-corrected chi connectivity index (χ3v) is 2.79. The van der Waals surface area contributed by atoms with Crippen molar-refractivity contribution in [1.82, 2.24) is 15.5 Å². The molecule has 7 heteroatoms. The number of hydrogen-bond donors (Lipinski definition) is 3. The molecule has 2 unspecified atom stereocenters. The van der Waals surface area contributed by atoms with Gasteiger partial charge < -0.3 is 24.8 Å².